The highest BCUT2D eigenvalue weighted by atomic mass is 16.3. The van der Waals surface area contributed by atoms with Gasteiger partial charge in [-0.15, -0.1) is 5.11 Å². The zero-order chi connectivity index (χ0) is 23.9. The lowest BCUT2D eigenvalue weighted by Gasteiger charge is -2.31. The predicted octanol–water partition coefficient (Wildman–Crippen LogP) is 9.38. The molecular weight excluding hydrogens is 430 g/mol. The number of benzene rings is 3. The van der Waals surface area contributed by atoms with Crippen LogP contribution in [0.5, 0.6) is 0 Å². The van der Waals surface area contributed by atoms with Crippen LogP contribution in [0.25, 0.3) is 22.6 Å². The molecule has 0 saturated carbocycles. The Bertz CT molecular complexity index is 1230. The standard InChI is InChI=1S/C31H33N3O/c1-2-3-4-5-6-16-23-34-29(24-17-10-7-11-18-24)27-28(32-33-34)31(26-21-14-9-15-22-26)35-30(27)25-19-12-8-13-20-25/h7-15,17-22,29H,2-6,16,23H2,1H3. The monoisotopic (exact) mass is 463 g/mol. The highest BCUT2D eigenvalue weighted by Gasteiger charge is 2.35. The smallest absolute Gasteiger partial charge is 0.162 e. The van der Waals surface area contributed by atoms with Crippen molar-refractivity contribution in [3.8, 4) is 22.6 Å². The van der Waals surface area contributed by atoms with Crippen LogP contribution in [0, 0.1) is 0 Å². The molecule has 0 aliphatic carbocycles. The van der Waals surface area contributed by atoms with Crippen molar-refractivity contribution in [1.29, 1.82) is 0 Å². The van der Waals surface area contributed by atoms with Gasteiger partial charge >= 0.3 is 0 Å². The summed E-state index contributed by atoms with van der Waals surface area (Å²) in [6.45, 7) is 3.13. The lowest BCUT2D eigenvalue weighted by atomic mass is 9.93. The maximum Gasteiger partial charge on any atom is 0.162 e. The van der Waals surface area contributed by atoms with Crippen LogP contribution in [-0.4, -0.2) is 11.6 Å². The Morgan fingerprint density at radius 3 is 1.91 bits per heavy atom. The Hall–Kier alpha value is -3.66. The zero-order valence-electron chi connectivity index (χ0n) is 20.4. The van der Waals surface area contributed by atoms with Crippen molar-refractivity contribution in [2.75, 3.05) is 6.54 Å². The van der Waals surface area contributed by atoms with Gasteiger partial charge < -0.3 is 4.42 Å². The van der Waals surface area contributed by atoms with Crippen molar-refractivity contribution in [3.63, 3.8) is 0 Å². The summed E-state index contributed by atoms with van der Waals surface area (Å²) in [7, 11) is 0. The molecule has 0 radical (unpaired) electrons. The van der Waals surface area contributed by atoms with E-state index in [2.05, 4.69) is 78.7 Å². The third-order valence-electron chi connectivity index (χ3n) is 6.68. The molecule has 0 fully saturated rings. The first-order chi connectivity index (χ1) is 17.4. The summed E-state index contributed by atoms with van der Waals surface area (Å²) < 4.78 is 6.63. The van der Waals surface area contributed by atoms with E-state index in [1.807, 2.05) is 24.3 Å². The fourth-order valence-electron chi connectivity index (χ4n) is 4.88. The largest absolute Gasteiger partial charge is 0.453 e. The topological polar surface area (TPSA) is 41.1 Å². The second kappa shape index (κ2) is 11.2. The molecule has 5 rings (SSSR count). The maximum atomic E-state index is 6.63. The molecule has 35 heavy (non-hydrogen) atoms. The second-order valence-electron chi connectivity index (χ2n) is 9.19. The van der Waals surface area contributed by atoms with Gasteiger partial charge in [0.1, 0.15) is 17.5 Å². The molecule has 1 atom stereocenters. The van der Waals surface area contributed by atoms with E-state index >= 15 is 0 Å². The van der Waals surface area contributed by atoms with Crippen LogP contribution in [0.4, 0.5) is 5.69 Å². The van der Waals surface area contributed by atoms with E-state index in [9.17, 15) is 0 Å². The Morgan fingerprint density at radius 2 is 1.26 bits per heavy atom. The molecule has 0 bridgehead atoms. The number of hydrogen-bond acceptors (Lipinski definition) is 4. The predicted molar refractivity (Wildman–Crippen MR) is 142 cm³/mol. The summed E-state index contributed by atoms with van der Waals surface area (Å²) in [6.07, 6.45) is 7.49. The van der Waals surface area contributed by atoms with Crippen molar-refractivity contribution in [3.05, 3.63) is 102 Å². The minimum Gasteiger partial charge on any atom is -0.453 e. The van der Waals surface area contributed by atoms with Crippen molar-refractivity contribution >= 4 is 5.69 Å². The third kappa shape index (κ3) is 5.07. The van der Waals surface area contributed by atoms with Crippen LogP contribution >= 0.6 is 0 Å². The van der Waals surface area contributed by atoms with Crippen LogP contribution < -0.4 is 0 Å². The summed E-state index contributed by atoms with van der Waals surface area (Å²) in [6, 6.07) is 31.2. The first kappa shape index (κ1) is 23.1. The Labute approximate surface area is 208 Å². The molecule has 0 spiro atoms. The van der Waals surface area contributed by atoms with Gasteiger partial charge in [0.15, 0.2) is 5.76 Å². The van der Waals surface area contributed by atoms with Crippen molar-refractivity contribution in [1.82, 2.24) is 5.01 Å². The number of unbranched alkanes of at least 4 members (excludes halogenated alkanes) is 5. The number of hydrogen-bond donors (Lipinski definition) is 0. The van der Waals surface area contributed by atoms with Gasteiger partial charge in [0.05, 0.1) is 5.56 Å². The highest BCUT2D eigenvalue weighted by Crippen LogP contribution is 2.51. The Morgan fingerprint density at radius 1 is 0.686 bits per heavy atom. The Kier molecular flexibility index (Phi) is 7.38. The van der Waals surface area contributed by atoms with Gasteiger partial charge in [-0.3, -0.25) is 5.01 Å². The van der Waals surface area contributed by atoms with Crippen molar-refractivity contribution < 1.29 is 4.42 Å². The SMILES string of the molecule is CCCCCCCCN1N=Nc2c(-c3ccccc3)oc(-c3ccccc3)c2C1c1ccccc1. The summed E-state index contributed by atoms with van der Waals surface area (Å²) in [4.78, 5) is 0. The van der Waals surface area contributed by atoms with E-state index in [1.54, 1.807) is 0 Å². The molecule has 4 heteroatoms. The van der Waals surface area contributed by atoms with E-state index in [0.717, 1.165) is 46.9 Å². The third-order valence-corrected chi connectivity index (χ3v) is 6.68. The molecule has 0 saturated heterocycles. The van der Waals surface area contributed by atoms with Crippen molar-refractivity contribution in [2.45, 2.75) is 51.5 Å². The van der Waals surface area contributed by atoms with E-state index in [0.29, 0.717) is 0 Å². The van der Waals surface area contributed by atoms with Gasteiger partial charge in [0.2, 0.25) is 0 Å². The van der Waals surface area contributed by atoms with E-state index in [4.69, 9.17) is 14.8 Å². The molecule has 4 aromatic rings. The fraction of sp³-hybridized carbons (Fsp3) is 0.290. The summed E-state index contributed by atoms with van der Waals surface area (Å²) >= 11 is 0. The van der Waals surface area contributed by atoms with Gasteiger partial charge in [-0.25, -0.2) is 0 Å². The normalized spacial score (nSPS) is 14.8. The number of rotatable bonds is 10. The lowest BCUT2D eigenvalue weighted by Crippen LogP contribution is -2.27. The average molecular weight is 464 g/mol. The molecular formula is C31H33N3O. The molecule has 0 N–H and O–H groups in total. The van der Waals surface area contributed by atoms with Crippen LogP contribution in [-0.2, 0) is 0 Å². The van der Waals surface area contributed by atoms with Crippen LogP contribution in [0.3, 0.4) is 0 Å². The van der Waals surface area contributed by atoms with Crippen LogP contribution in [0.15, 0.2) is 106 Å². The lowest BCUT2D eigenvalue weighted by molar-refractivity contribution is 0.207. The average Bonchev–Trinajstić information content (AvgIpc) is 3.31. The van der Waals surface area contributed by atoms with E-state index < -0.39 is 0 Å². The summed E-state index contributed by atoms with van der Waals surface area (Å²) in [5.74, 6) is 1.66. The molecule has 4 nitrogen and oxygen atoms in total. The van der Waals surface area contributed by atoms with Crippen molar-refractivity contribution in [2.24, 2.45) is 10.3 Å². The van der Waals surface area contributed by atoms with Gasteiger partial charge in [-0.1, -0.05) is 135 Å². The molecule has 0 amide bonds. The maximum absolute atomic E-state index is 6.63. The van der Waals surface area contributed by atoms with Gasteiger partial charge in [0.25, 0.3) is 0 Å². The first-order valence-electron chi connectivity index (χ1n) is 12.9. The quantitative estimate of drug-likeness (QED) is 0.220. The minimum atomic E-state index is -0.0456. The van der Waals surface area contributed by atoms with E-state index in [1.165, 1.54) is 37.7 Å². The number of furan rings is 1. The summed E-state index contributed by atoms with van der Waals surface area (Å²) in [5.41, 5.74) is 5.21. The first-order valence-corrected chi connectivity index (χ1v) is 12.9. The molecule has 1 unspecified atom stereocenters. The Balaban J connectivity index is 1.57. The highest BCUT2D eigenvalue weighted by molar-refractivity contribution is 5.82. The second-order valence-corrected chi connectivity index (χ2v) is 9.19. The van der Waals surface area contributed by atoms with E-state index in [-0.39, 0.29) is 6.04 Å². The molecule has 2 heterocycles. The molecule has 1 aliphatic rings. The van der Waals surface area contributed by atoms with Gasteiger partial charge in [-0.2, -0.15) is 0 Å². The minimum absolute atomic E-state index is 0.0456. The number of fused-ring (bicyclic) bond motifs is 1. The molecule has 178 valence electrons. The molecule has 3 aromatic carbocycles. The number of nitrogens with zero attached hydrogens (tertiary/aromatic N) is 3. The van der Waals surface area contributed by atoms with Gasteiger partial charge in [-0.05, 0) is 12.0 Å². The van der Waals surface area contributed by atoms with Crippen LogP contribution in [0.1, 0.15) is 62.6 Å². The fourth-order valence-corrected chi connectivity index (χ4v) is 4.88. The summed E-state index contributed by atoms with van der Waals surface area (Å²) in [5, 5.41) is 11.7. The zero-order valence-corrected chi connectivity index (χ0v) is 20.4. The van der Waals surface area contributed by atoms with Gasteiger partial charge in [0, 0.05) is 17.7 Å². The molecule has 1 aromatic heterocycles. The molecule has 1 aliphatic heterocycles. The van der Waals surface area contributed by atoms with Crippen LogP contribution in [0.2, 0.25) is 0 Å².